The monoisotopic (exact) mass is 380 g/mol. The van der Waals surface area contributed by atoms with Gasteiger partial charge in [0.2, 0.25) is 5.91 Å². The van der Waals surface area contributed by atoms with Crippen LogP contribution in [0, 0.1) is 13.8 Å². The maximum atomic E-state index is 12.6. The van der Waals surface area contributed by atoms with Crippen LogP contribution in [0.2, 0.25) is 0 Å². The van der Waals surface area contributed by atoms with Gasteiger partial charge in [0.25, 0.3) is 0 Å². The average Bonchev–Trinajstić information content (AvgIpc) is 2.78. The Balaban J connectivity index is 2.16. The number of nitrogens with one attached hydrogen (secondary N) is 1. The quantitative estimate of drug-likeness (QED) is 0.835. The van der Waals surface area contributed by atoms with E-state index in [1.54, 1.807) is 18.3 Å². The Labute approximate surface area is 144 Å². The Kier molecular flexibility index (Phi) is 5.10. The highest BCUT2D eigenvalue weighted by molar-refractivity contribution is 9.10. The molecule has 1 aromatic heterocycles. The fourth-order valence-electron chi connectivity index (χ4n) is 2.43. The van der Waals surface area contributed by atoms with Crippen molar-refractivity contribution >= 4 is 33.2 Å². The molecule has 0 saturated heterocycles. The molecule has 0 aliphatic carbocycles. The molecule has 2 unspecified atom stereocenters. The number of nitrogens with two attached hydrogens (primary N) is 1. The molecule has 0 radical (unpaired) electrons. The number of thiophene rings is 1. The van der Waals surface area contributed by atoms with Gasteiger partial charge in [-0.3, -0.25) is 4.79 Å². The Morgan fingerprint density at radius 3 is 2.41 bits per heavy atom. The van der Waals surface area contributed by atoms with Crippen LogP contribution >= 0.6 is 27.3 Å². The van der Waals surface area contributed by atoms with Gasteiger partial charge < -0.3 is 11.1 Å². The van der Waals surface area contributed by atoms with E-state index in [4.69, 9.17) is 5.73 Å². The van der Waals surface area contributed by atoms with Gasteiger partial charge in [0.1, 0.15) is 5.54 Å². The number of rotatable bonds is 4. The first kappa shape index (κ1) is 17.2. The summed E-state index contributed by atoms with van der Waals surface area (Å²) in [5, 5.41) is 3.03. The van der Waals surface area contributed by atoms with Crippen LogP contribution in [0.4, 0.5) is 0 Å². The highest BCUT2D eigenvalue weighted by Crippen LogP contribution is 2.27. The fourth-order valence-corrected chi connectivity index (χ4v) is 3.72. The molecule has 1 heterocycles. The van der Waals surface area contributed by atoms with Gasteiger partial charge in [-0.1, -0.05) is 28.1 Å². The first-order chi connectivity index (χ1) is 10.2. The summed E-state index contributed by atoms with van der Waals surface area (Å²) in [6.07, 6.45) is 0. The maximum absolute atomic E-state index is 12.6. The van der Waals surface area contributed by atoms with E-state index < -0.39 is 5.54 Å². The summed E-state index contributed by atoms with van der Waals surface area (Å²) in [7, 11) is 0. The fraction of sp³-hybridized carbons (Fsp3) is 0.353. The molecule has 0 aliphatic heterocycles. The van der Waals surface area contributed by atoms with Crippen LogP contribution in [0.15, 0.2) is 34.8 Å². The molecule has 0 bridgehead atoms. The third kappa shape index (κ3) is 3.59. The number of carbonyl (C=O) groups is 1. The molecular weight excluding hydrogens is 360 g/mol. The molecule has 1 amide bonds. The van der Waals surface area contributed by atoms with Crippen LogP contribution in [-0.4, -0.2) is 5.91 Å². The van der Waals surface area contributed by atoms with Gasteiger partial charge in [0.05, 0.1) is 6.04 Å². The molecule has 0 saturated carbocycles. The van der Waals surface area contributed by atoms with Crippen molar-refractivity contribution < 1.29 is 4.79 Å². The normalized spacial score (nSPS) is 15.2. The third-order valence-corrected chi connectivity index (χ3v) is 5.32. The number of benzene rings is 1. The van der Waals surface area contributed by atoms with Crippen LogP contribution in [0.3, 0.4) is 0 Å². The number of amides is 1. The second-order valence-electron chi connectivity index (χ2n) is 5.77. The van der Waals surface area contributed by atoms with Gasteiger partial charge in [-0.2, -0.15) is 0 Å². The van der Waals surface area contributed by atoms with Gasteiger partial charge in [0, 0.05) is 14.2 Å². The lowest BCUT2D eigenvalue weighted by atomic mass is 9.91. The Morgan fingerprint density at radius 1 is 1.32 bits per heavy atom. The van der Waals surface area contributed by atoms with Crippen molar-refractivity contribution in [1.82, 2.24) is 5.32 Å². The summed E-state index contributed by atoms with van der Waals surface area (Å²) >= 11 is 5.13. The number of hydrogen-bond donors (Lipinski definition) is 2. The van der Waals surface area contributed by atoms with Crippen LogP contribution in [0.25, 0.3) is 0 Å². The van der Waals surface area contributed by atoms with Crippen LogP contribution in [0.5, 0.6) is 0 Å². The predicted molar refractivity (Wildman–Crippen MR) is 96.0 cm³/mol. The molecule has 2 aromatic rings. The molecule has 3 nitrogen and oxygen atoms in total. The number of carbonyl (C=O) groups excluding carboxylic acids is 1. The van der Waals surface area contributed by atoms with Gasteiger partial charge in [-0.05, 0) is 57.0 Å². The van der Waals surface area contributed by atoms with Crippen molar-refractivity contribution in [3.8, 4) is 0 Å². The Morgan fingerprint density at radius 2 is 1.91 bits per heavy atom. The van der Waals surface area contributed by atoms with Crippen LogP contribution < -0.4 is 11.1 Å². The molecule has 2 rings (SSSR count). The number of halogens is 1. The first-order valence-electron chi connectivity index (χ1n) is 7.14. The van der Waals surface area contributed by atoms with E-state index in [2.05, 4.69) is 41.2 Å². The lowest BCUT2D eigenvalue weighted by Gasteiger charge is -2.26. The van der Waals surface area contributed by atoms with E-state index in [-0.39, 0.29) is 11.9 Å². The summed E-state index contributed by atoms with van der Waals surface area (Å²) in [5.41, 5.74) is 7.16. The van der Waals surface area contributed by atoms with Gasteiger partial charge in [0.15, 0.2) is 0 Å². The molecule has 2 atom stereocenters. The lowest BCUT2D eigenvalue weighted by Crippen LogP contribution is -2.49. The molecule has 0 aliphatic rings. The summed E-state index contributed by atoms with van der Waals surface area (Å²) in [6, 6.07) is 9.59. The minimum atomic E-state index is -1.06. The summed E-state index contributed by atoms with van der Waals surface area (Å²) in [5.74, 6) is -0.175. The largest absolute Gasteiger partial charge is 0.348 e. The molecule has 3 N–H and O–H groups in total. The molecule has 0 fully saturated rings. The molecule has 1 aromatic carbocycles. The minimum absolute atomic E-state index is 0.0595. The van der Waals surface area contributed by atoms with Crippen molar-refractivity contribution in [2.75, 3.05) is 0 Å². The topological polar surface area (TPSA) is 55.1 Å². The van der Waals surface area contributed by atoms with Crippen molar-refractivity contribution in [3.05, 3.63) is 55.7 Å². The van der Waals surface area contributed by atoms with Crippen molar-refractivity contribution in [2.45, 2.75) is 39.3 Å². The van der Waals surface area contributed by atoms with E-state index in [0.29, 0.717) is 0 Å². The smallest absolute Gasteiger partial charge is 0.244 e. The van der Waals surface area contributed by atoms with Crippen molar-refractivity contribution in [3.63, 3.8) is 0 Å². The summed E-state index contributed by atoms with van der Waals surface area (Å²) in [4.78, 5) is 15.1. The first-order valence-corrected chi connectivity index (χ1v) is 8.75. The third-order valence-electron chi connectivity index (χ3n) is 3.81. The van der Waals surface area contributed by atoms with Crippen LogP contribution in [0.1, 0.15) is 40.8 Å². The second kappa shape index (κ2) is 6.52. The number of hydrogen-bond acceptors (Lipinski definition) is 3. The van der Waals surface area contributed by atoms with Crippen molar-refractivity contribution in [2.24, 2.45) is 5.73 Å². The van der Waals surface area contributed by atoms with E-state index >= 15 is 0 Å². The molecule has 0 spiro atoms. The highest BCUT2D eigenvalue weighted by Gasteiger charge is 2.31. The molecular formula is C17H21BrN2OS. The maximum Gasteiger partial charge on any atom is 0.244 e. The average molecular weight is 381 g/mol. The lowest BCUT2D eigenvalue weighted by molar-refractivity contribution is -0.126. The summed E-state index contributed by atoms with van der Waals surface area (Å²) in [6.45, 7) is 7.88. The van der Waals surface area contributed by atoms with Crippen molar-refractivity contribution in [1.29, 1.82) is 0 Å². The van der Waals surface area contributed by atoms with Gasteiger partial charge >= 0.3 is 0 Å². The SMILES string of the molecule is Cc1cc(C(C)NC(=O)C(C)(N)c2ccc(Br)cc2)c(C)s1. The number of aryl methyl sites for hydroxylation is 2. The zero-order valence-corrected chi connectivity index (χ0v) is 15.6. The molecule has 22 heavy (non-hydrogen) atoms. The standard InChI is InChI=1S/C17H21BrN2OS/c1-10-9-15(12(3)22-10)11(2)20-16(21)17(4,19)13-5-7-14(18)8-6-13/h5-9,11H,19H2,1-4H3,(H,20,21). The van der Waals surface area contributed by atoms with E-state index in [9.17, 15) is 4.79 Å². The highest BCUT2D eigenvalue weighted by atomic mass is 79.9. The van der Waals surface area contributed by atoms with Gasteiger partial charge in [-0.15, -0.1) is 11.3 Å². The summed E-state index contributed by atoms with van der Waals surface area (Å²) < 4.78 is 0.963. The molecule has 5 heteroatoms. The molecule has 118 valence electrons. The van der Waals surface area contributed by atoms with E-state index in [1.807, 2.05) is 31.2 Å². The second-order valence-corrected chi connectivity index (χ2v) is 8.15. The Bertz CT molecular complexity index is 676. The Hall–Kier alpha value is -1.17. The van der Waals surface area contributed by atoms with E-state index in [0.717, 1.165) is 15.6 Å². The van der Waals surface area contributed by atoms with E-state index in [1.165, 1.54) is 9.75 Å². The van der Waals surface area contributed by atoms with Crippen LogP contribution in [-0.2, 0) is 10.3 Å². The zero-order valence-electron chi connectivity index (χ0n) is 13.2. The predicted octanol–water partition coefficient (Wildman–Crippen LogP) is 4.18. The zero-order chi connectivity index (χ0) is 16.5. The van der Waals surface area contributed by atoms with Gasteiger partial charge in [-0.25, -0.2) is 0 Å². The minimum Gasteiger partial charge on any atom is -0.348 e.